The summed E-state index contributed by atoms with van der Waals surface area (Å²) in [5.41, 5.74) is 32.2. The first-order valence-corrected chi connectivity index (χ1v) is 28.3. The highest BCUT2D eigenvalue weighted by Crippen LogP contribution is 2.07. The van der Waals surface area contributed by atoms with Gasteiger partial charge in [0.25, 0.3) is 0 Å². The second-order valence-corrected chi connectivity index (χ2v) is 20.1. The zero-order valence-electron chi connectivity index (χ0n) is 46.7. The maximum absolute atomic E-state index is 13.6. The third kappa shape index (κ3) is 31.8. The number of thiol groups is 4. The van der Waals surface area contributed by atoms with Crippen LogP contribution in [-0.4, -0.2) is 228 Å². The lowest BCUT2D eigenvalue weighted by Gasteiger charge is -2.27. The zero-order valence-corrected chi connectivity index (χ0v) is 50.3. The lowest BCUT2D eigenvalue weighted by Crippen LogP contribution is -2.60. The number of aliphatic carboxylic acids is 1. The number of carboxylic acid groups (broad SMARTS) is 1. The number of aliphatic hydroxyl groups is 1. The Kier molecular flexibility index (Phi) is 37.8. The average Bonchev–Trinajstić information content (AvgIpc) is 3.56. The summed E-state index contributed by atoms with van der Waals surface area (Å²) in [5.74, 6) is -16.0. The first kappa shape index (κ1) is 77.4. The van der Waals surface area contributed by atoms with E-state index in [1.165, 1.54) is 20.8 Å². The van der Waals surface area contributed by atoms with Crippen molar-refractivity contribution >= 4 is 145 Å². The number of hydrogen-bond acceptors (Lipinski definition) is 22. The number of carboxylic acids is 1. The predicted molar refractivity (Wildman–Crippen MR) is 319 cm³/mol. The normalized spacial score (nSPS) is 14.3. The van der Waals surface area contributed by atoms with Crippen molar-refractivity contribution in [2.24, 2.45) is 50.3 Å². The van der Waals surface area contributed by atoms with E-state index in [9.17, 15) is 77.3 Å². The van der Waals surface area contributed by atoms with Crippen LogP contribution in [0.3, 0.4) is 0 Å². The molecule has 0 bridgehead atoms. The van der Waals surface area contributed by atoms with Gasteiger partial charge in [0, 0.05) is 36.1 Å². The maximum atomic E-state index is 13.6. The number of nitrogens with two attached hydrogens (primary N) is 6. The number of nitrogens with zero attached hydrogens (tertiary/aromatic N) is 2. The topological polar surface area (TPSA) is 605 Å². The molecule has 36 nitrogen and oxygen atoms in total. The highest BCUT2D eigenvalue weighted by atomic mass is 32.1. The minimum atomic E-state index is -1.72. The fourth-order valence-corrected chi connectivity index (χ4v) is 7.62. The van der Waals surface area contributed by atoms with E-state index < -0.39 is 182 Å². The van der Waals surface area contributed by atoms with Crippen LogP contribution >= 0.6 is 50.5 Å². The van der Waals surface area contributed by atoms with E-state index >= 15 is 0 Å². The SMILES string of the molecule is CC(C)[C@H](NC(=O)[C@H](CS)NC(=O)[C@H](CCCN=C(N)N)NC(=O)CNC(=O)[C@H](CC(N)=O)NC(=O)[C@@H](N)CS)C(=O)N[C@@H](CO)C(=O)NCC(=O)N[C@@H](CS)C(=O)N[C@@H](C)C(=O)NCC(=O)N[C@@H](CCCN=C(N)N)C(=O)N[C@@H](CS)C(=O)O. The summed E-state index contributed by atoms with van der Waals surface area (Å²) in [5, 5.41) is 47.0. The van der Waals surface area contributed by atoms with Gasteiger partial charge in [0.15, 0.2) is 11.9 Å². The third-order valence-corrected chi connectivity index (χ3v) is 12.8. The highest BCUT2D eigenvalue weighted by molar-refractivity contribution is 7.80. The molecule has 0 aromatic heterocycles. The number of hydrogen-bond donors (Lipinski definition) is 24. The van der Waals surface area contributed by atoms with E-state index in [-0.39, 0.29) is 73.7 Å². The Bertz CT molecular complexity index is 2400. The van der Waals surface area contributed by atoms with Crippen LogP contribution in [0.15, 0.2) is 9.98 Å². The standard InChI is InChI=1S/C45H80N20O16S4/c1-19(2)33(65-41(78)27(17-84)63-38(75)22(6-4-8-52-44(48)49)58-31(69)12-55-36(73)24(10-29(47)67)61-35(72)21(46)15-82)42(79)62-25(14-66)37(74)56-13-32(70)60-26(16-83)40(77)57-20(3)34(71)54-11-30(68)59-23(7-5-9-53-45(50)51)39(76)64-28(18-85)43(80)81/h19-28,33,66,82-85H,4-18,46H2,1-3H3,(H2,47,67)(H,54,71)(H,55,73)(H,56,74)(H,57,77)(H,58,69)(H,59,68)(H,60,70)(H,61,72)(H,62,79)(H,63,75)(H,64,76)(H,65,78)(H,80,81)(H4,48,49,52)(H4,50,51,53)/t20-,21-,22-,23-,24-,25-,26-,27-,28-,33-/m0/s1. The fourth-order valence-electron chi connectivity index (χ4n) is 6.70. The molecular weight excluding hydrogens is 1200 g/mol. The molecule has 0 aliphatic heterocycles. The molecule has 0 saturated heterocycles. The van der Waals surface area contributed by atoms with Crippen molar-refractivity contribution in [2.75, 3.05) is 62.3 Å². The number of guanidine groups is 2. The Morgan fingerprint density at radius 3 is 1.21 bits per heavy atom. The molecule has 26 N–H and O–H groups in total. The van der Waals surface area contributed by atoms with Crippen LogP contribution in [0.1, 0.15) is 52.9 Å². The lowest BCUT2D eigenvalue weighted by molar-refractivity contribution is -0.141. The molecule has 0 aliphatic carbocycles. The number of nitrogens with one attached hydrogen (secondary N) is 12. The van der Waals surface area contributed by atoms with E-state index in [1.54, 1.807) is 0 Å². The van der Waals surface area contributed by atoms with Gasteiger partial charge < -0.3 is 108 Å². The predicted octanol–water partition coefficient (Wildman–Crippen LogP) is -11.5. The first-order chi connectivity index (χ1) is 39.8. The van der Waals surface area contributed by atoms with E-state index in [1.807, 2.05) is 0 Å². The van der Waals surface area contributed by atoms with Crippen molar-refractivity contribution in [3.05, 3.63) is 0 Å². The Morgan fingerprint density at radius 1 is 0.435 bits per heavy atom. The van der Waals surface area contributed by atoms with Crippen molar-refractivity contribution in [3.8, 4) is 0 Å². The monoisotopic (exact) mass is 1280 g/mol. The van der Waals surface area contributed by atoms with E-state index in [4.69, 9.17) is 34.4 Å². The largest absolute Gasteiger partial charge is 0.480 e. The fraction of sp³-hybridized carbons (Fsp3) is 0.644. The van der Waals surface area contributed by atoms with Crippen LogP contribution in [0.2, 0.25) is 0 Å². The van der Waals surface area contributed by atoms with Crippen molar-refractivity contribution < 1.29 is 77.3 Å². The molecule has 13 amide bonds. The van der Waals surface area contributed by atoms with Crippen molar-refractivity contribution in [1.29, 1.82) is 0 Å². The van der Waals surface area contributed by atoms with Gasteiger partial charge in [0.05, 0.1) is 38.7 Å². The van der Waals surface area contributed by atoms with Gasteiger partial charge in [-0.25, -0.2) is 4.79 Å². The maximum Gasteiger partial charge on any atom is 0.327 e. The second-order valence-electron chi connectivity index (χ2n) is 18.6. The Morgan fingerprint density at radius 2 is 0.812 bits per heavy atom. The van der Waals surface area contributed by atoms with Gasteiger partial charge in [-0.15, -0.1) is 0 Å². The first-order valence-electron chi connectivity index (χ1n) is 25.8. The molecule has 40 heteroatoms. The van der Waals surface area contributed by atoms with Crippen molar-refractivity contribution in [1.82, 2.24) is 63.8 Å². The average molecular weight is 1290 g/mol. The number of primary amides is 1. The summed E-state index contributed by atoms with van der Waals surface area (Å²) >= 11 is 16.0. The molecule has 0 radical (unpaired) electrons. The van der Waals surface area contributed by atoms with E-state index in [0.29, 0.717) is 0 Å². The van der Waals surface area contributed by atoms with Gasteiger partial charge in [-0.2, -0.15) is 50.5 Å². The molecular formula is C45H80N20O16S4. The molecule has 0 aliphatic rings. The summed E-state index contributed by atoms with van der Waals surface area (Å²) in [6.45, 7) is 0.981. The van der Waals surface area contributed by atoms with Gasteiger partial charge in [-0.1, -0.05) is 13.8 Å². The van der Waals surface area contributed by atoms with Crippen LogP contribution in [0.4, 0.5) is 0 Å². The van der Waals surface area contributed by atoms with Gasteiger partial charge in [0.2, 0.25) is 76.8 Å². The zero-order chi connectivity index (χ0) is 65.1. The Balaban J connectivity index is 5.71. The Labute approximate surface area is 510 Å². The van der Waals surface area contributed by atoms with E-state index in [2.05, 4.69) is 124 Å². The molecule has 85 heavy (non-hydrogen) atoms. The molecule has 0 fully saturated rings. The third-order valence-electron chi connectivity index (χ3n) is 11.3. The molecule has 0 saturated carbocycles. The summed E-state index contributed by atoms with van der Waals surface area (Å²) in [6.07, 6.45) is -0.566. The quantitative estimate of drug-likeness (QED) is 0.0117. The van der Waals surface area contributed by atoms with Crippen molar-refractivity contribution in [2.45, 2.75) is 113 Å². The summed E-state index contributed by atoms with van der Waals surface area (Å²) < 4.78 is 0. The number of aliphatic imine (C=N–C) groups is 2. The molecule has 10 atom stereocenters. The van der Waals surface area contributed by atoms with Crippen LogP contribution in [0.5, 0.6) is 0 Å². The number of amides is 13. The number of carbonyl (C=O) groups excluding carboxylic acids is 13. The minimum Gasteiger partial charge on any atom is -0.480 e. The molecule has 0 rings (SSSR count). The summed E-state index contributed by atoms with van der Waals surface area (Å²) in [4.78, 5) is 187. The summed E-state index contributed by atoms with van der Waals surface area (Å²) in [6, 6.07) is -14.1. The smallest absolute Gasteiger partial charge is 0.327 e. The molecule has 0 unspecified atom stereocenters. The molecule has 0 aromatic carbocycles. The van der Waals surface area contributed by atoms with Gasteiger partial charge in [-0.3, -0.25) is 72.3 Å². The van der Waals surface area contributed by atoms with Crippen LogP contribution in [0, 0.1) is 5.92 Å². The van der Waals surface area contributed by atoms with Gasteiger partial charge in [0.1, 0.15) is 54.4 Å². The second kappa shape index (κ2) is 41.5. The molecule has 0 aromatic rings. The number of rotatable bonds is 41. The van der Waals surface area contributed by atoms with Crippen LogP contribution in [0.25, 0.3) is 0 Å². The molecule has 480 valence electrons. The number of aliphatic hydroxyl groups excluding tert-OH is 1. The Hall–Kier alpha value is -7.56. The van der Waals surface area contributed by atoms with Gasteiger partial charge >= 0.3 is 5.97 Å². The minimum absolute atomic E-state index is 0.00499. The molecule has 0 heterocycles. The van der Waals surface area contributed by atoms with Gasteiger partial charge in [-0.05, 0) is 38.5 Å². The van der Waals surface area contributed by atoms with Crippen LogP contribution in [-0.2, 0) is 67.1 Å². The number of carbonyl (C=O) groups is 14. The van der Waals surface area contributed by atoms with Crippen LogP contribution < -0.4 is 98.2 Å². The van der Waals surface area contributed by atoms with E-state index in [0.717, 1.165) is 0 Å². The van der Waals surface area contributed by atoms with Crippen molar-refractivity contribution in [3.63, 3.8) is 0 Å². The molecule has 0 spiro atoms. The lowest BCUT2D eigenvalue weighted by atomic mass is 10.0. The summed E-state index contributed by atoms with van der Waals surface area (Å²) in [7, 11) is 0. The highest BCUT2D eigenvalue weighted by Gasteiger charge is 2.34.